The normalized spacial score (nSPS) is 26.2. The maximum Gasteiger partial charge on any atom is 0.132 e. The fraction of sp³-hybridized carbons (Fsp3) is 0.455. The van der Waals surface area contributed by atoms with Gasteiger partial charge in [-0.3, -0.25) is 5.32 Å². The van der Waals surface area contributed by atoms with Gasteiger partial charge < -0.3 is 4.48 Å². The molecule has 0 bridgehead atoms. The second kappa shape index (κ2) is 3.13. The van der Waals surface area contributed by atoms with Crippen LogP contribution < -0.4 is 5.32 Å². The first-order chi connectivity index (χ1) is 6.17. The Morgan fingerprint density at radius 3 is 2.46 bits per heavy atom. The molecule has 1 aliphatic heterocycles. The molecule has 1 atom stereocenters. The molecular formula is C11H17N2+. The van der Waals surface area contributed by atoms with Gasteiger partial charge in [0.15, 0.2) is 0 Å². The third-order valence-electron chi connectivity index (χ3n) is 2.64. The Morgan fingerprint density at radius 2 is 1.92 bits per heavy atom. The summed E-state index contributed by atoms with van der Waals surface area (Å²) in [7, 11) is 4.52. The van der Waals surface area contributed by atoms with Crippen LogP contribution in [0.2, 0.25) is 0 Å². The number of hydrogen-bond acceptors (Lipinski definition) is 1. The monoisotopic (exact) mass is 177 g/mol. The molecule has 2 rings (SSSR count). The van der Waals surface area contributed by atoms with Crippen LogP contribution in [0.4, 0.5) is 0 Å². The summed E-state index contributed by atoms with van der Waals surface area (Å²) in [4.78, 5) is 0. The number of nitrogens with zero attached hydrogens (tertiary/aromatic N) is 1. The average Bonchev–Trinajstić information content (AvgIpc) is 2.48. The quantitative estimate of drug-likeness (QED) is 0.639. The zero-order valence-corrected chi connectivity index (χ0v) is 8.33. The fourth-order valence-electron chi connectivity index (χ4n) is 1.89. The van der Waals surface area contributed by atoms with Gasteiger partial charge in [-0.05, 0) is 5.56 Å². The Hall–Kier alpha value is -0.860. The minimum atomic E-state index is 0.538. The second-order valence-electron chi connectivity index (χ2n) is 4.44. The van der Waals surface area contributed by atoms with E-state index in [0.29, 0.717) is 6.04 Å². The first kappa shape index (κ1) is 8.73. The highest BCUT2D eigenvalue weighted by atomic mass is 15.4. The molecule has 1 aromatic carbocycles. The predicted octanol–water partition coefficient (Wildman–Crippen LogP) is 1.36. The molecule has 13 heavy (non-hydrogen) atoms. The first-order valence-electron chi connectivity index (χ1n) is 4.78. The fourth-order valence-corrected chi connectivity index (χ4v) is 1.89. The van der Waals surface area contributed by atoms with Gasteiger partial charge in [0.05, 0.1) is 26.7 Å². The van der Waals surface area contributed by atoms with Crippen molar-refractivity contribution in [3.05, 3.63) is 35.9 Å². The van der Waals surface area contributed by atoms with Gasteiger partial charge in [-0.2, -0.15) is 0 Å². The second-order valence-corrected chi connectivity index (χ2v) is 4.44. The minimum Gasteiger partial charge on any atom is -0.315 e. The highest BCUT2D eigenvalue weighted by molar-refractivity contribution is 5.19. The molecule has 1 aromatic rings. The summed E-state index contributed by atoms with van der Waals surface area (Å²) in [6.45, 7) is 2.25. The summed E-state index contributed by atoms with van der Waals surface area (Å²) in [5, 5.41) is 3.54. The molecule has 1 aliphatic rings. The van der Waals surface area contributed by atoms with Crippen LogP contribution in [-0.4, -0.2) is 31.8 Å². The van der Waals surface area contributed by atoms with Crippen LogP contribution in [0.3, 0.4) is 0 Å². The molecule has 0 saturated carbocycles. The highest BCUT2D eigenvalue weighted by Gasteiger charge is 2.30. The van der Waals surface area contributed by atoms with Gasteiger partial charge in [-0.25, -0.2) is 0 Å². The lowest BCUT2D eigenvalue weighted by Crippen LogP contribution is -2.37. The summed E-state index contributed by atoms with van der Waals surface area (Å²) in [5.41, 5.74) is 1.41. The van der Waals surface area contributed by atoms with E-state index in [4.69, 9.17) is 0 Å². The van der Waals surface area contributed by atoms with Crippen LogP contribution in [0.5, 0.6) is 0 Å². The highest BCUT2D eigenvalue weighted by Crippen LogP contribution is 2.20. The summed E-state index contributed by atoms with van der Waals surface area (Å²) in [6, 6.07) is 11.2. The Morgan fingerprint density at radius 1 is 1.23 bits per heavy atom. The molecule has 0 spiro atoms. The number of benzene rings is 1. The molecule has 1 saturated heterocycles. The molecule has 2 nitrogen and oxygen atoms in total. The summed E-state index contributed by atoms with van der Waals surface area (Å²) >= 11 is 0. The first-order valence-corrected chi connectivity index (χ1v) is 4.78. The van der Waals surface area contributed by atoms with Gasteiger partial charge >= 0.3 is 0 Å². The maximum atomic E-state index is 3.54. The van der Waals surface area contributed by atoms with Crippen LogP contribution in [0, 0.1) is 0 Å². The number of hydrogen-bond donors (Lipinski definition) is 1. The van der Waals surface area contributed by atoms with Gasteiger partial charge in [0.25, 0.3) is 0 Å². The molecule has 1 unspecified atom stereocenters. The van der Waals surface area contributed by atoms with Crippen LogP contribution in [0.15, 0.2) is 30.3 Å². The van der Waals surface area contributed by atoms with Gasteiger partial charge in [-0.1, -0.05) is 30.3 Å². The third-order valence-corrected chi connectivity index (χ3v) is 2.64. The van der Waals surface area contributed by atoms with E-state index in [2.05, 4.69) is 49.7 Å². The Labute approximate surface area is 79.8 Å². The van der Waals surface area contributed by atoms with Crippen molar-refractivity contribution in [2.75, 3.05) is 27.3 Å². The van der Waals surface area contributed by atoms with Crippen LogP contribution >= 0.6 is 0 Å². The third kappa shape index (κ3) is 1.90. The molecular weight excluding hydrogens is 160 g/mol. The van der Waals surface area contributed by atoms with E-state index in [1.807, 2.05) is 0 Å². The molecule has 0 aliphatic carbocycles. The van der Waals surface area contributed by atoms with Crippen molar-refractivity contribution in [2.24, 2.45) is 0 Å². The lowest BCUT2D eigenvalue weighted by atomic mass is 10.1. The van der Waals surface area contributed by atoms with E-state index in [9.17, 15) is 0 Å². The smallest absolute Gasteiger partial charge is 0.132 e. The van der Waals surface area contributed by atoms with Crippen molar-refractivity contribution < 1.29 is 4.48 Å². The van der Waals surface area contributed by atoms with Crippen molar-refractivity contribution in [2.45, 2.75) is 6.04 Å². The largest absolute Gasteiger partial charge is 0.315 e. The number of rotatable bonds is 1. The van der Waals surface area contributed by atoms with Gasteiger partial charge in [0.1, 0.15) is 6.67 Å². The minimum absolute atomic E-state index is 0.538. The number of nitrogens with one attached hydrogen (secondary N) is 1. The Balaban J connectivity index is 2.13. The van der Waals surface area contributed by atoms with Gasteiger partial charge in [0.2, 0.25) is 0 Å². The van der Waals surface area contributed by atoms with Crippen LogP contribution in [0.1, 0.15) is 11.6 Å². The molecule has 0 amide bonds. The van der Waals surface area contributed by atoms with Crippen LogP contribution in [0.25, 0.3) is 0 Å². The summed E-state index contributed by atoms with van der Waals surface area (Å²) in [5.74, 6) is 0. The lowest BCUT2D eigenvalue weighted by molar-refractivity contribution is -0.879. The van der Waals surface area contributed by atoms with Gasteiger partial charge in [0, 0.05) is 0 Å². The molecule has 1 heterocycles. The summed E-state index contributed by atoms with van der Waals surface area (Å²) < 4.78 is 1.07. The molecule has 0 radical (unpaired) electrons. The maximum absolute atomic E-state index is 3.54. The van der Waals surface area contributed by atoms with E-state index in [0.717, 1.165) is 11.2 Å². The van der Waals surface area contributed by atoms with Crippen molar-refractivity contribution in [1.29, 1.82) is 0 Å². The van der Waals surface area contributed by atoms with Crippen molar-refractivity contribution in [3.8, 4) is 0 Å². The zero-order chi connectivity index (χ0) is 9.31. The summed E-state index contributed by atoms with van der Waals surface area (Å²) in [6.07, 6.45) is 0. The van der Waals surface area contributed by atoms with E-state index in [-0.39, 0.29) is 0 Å². The topological polar surface area (TPSA) is 12.0 Å². The van der Waals surface area contributed by atoms with E-state index in [1.54, 1.807) is 0 Å². The SMILES string of the molecule is C[N+]1(C)CNC(c2ccccc2)C1. The molecule has 1 fully saturated rings. The number of likely N-dealkylation sites (N-methyl/N-ethyl adjacent to an activating group) is 1. The van der Waals surface area contributed by atoms with Crippen molar-refractivity contribution in [3.63, 3.8) is 0 Å². The zero-order valence-electron chi connectivity index (χ0n) is 8.33. The van der Waals surface area contributed by atoms with Crippen molar-refractivity contribution >= 4 is 0 Å². The lowest BCUT2D eigenvalue weighted by Gasteiger charge is -2.21. The average molecular weight is 177 g/mol. The van der Waals surface area contributed by atoms with E-state index in [1.165, 1.54) is 12.1 Å². The van der Waals surface area contributed by atoms with E-state index >= 15 is 0 Å². The Kier molecular flexibility index (Phi) is 2.10. The number of quaternary nitrogens is 1. The van der Waals surface area contributed by atoms with Crippen LogP contribution in [-0.2, 0) is 0 Å². The molecule has 70 valence electrons. The van der Waals surface area contributed by atoms with E-state index < -0.39 is 0 Å². The molecule has 2 heteroatoms. The van der Waals surface area contributed by atoms with Crippen molar-refractivity contribution in [1.82, 2.24) is 5.32 Å². The predicted molar refractivity (Wildman–Crippen MR) is 54.2 cm³/mol. The standard InChI is InChI=1S/C11H17N2/c1-13(2)8-11(12-9-13)10-6-4-3-5-7-10/h3-7,11-12H,8-9H2,1-2H3/q+1. The molecule has 1 N–H and O–H groups in total. The Bertz CT molecular complexity index is 279. The molecule has 0 aromatic heterocycles. The van der Waals surface area contributed by atoms with Gasteiger partial charge in [-0.15, -0.1) is 0 Å².